The van der Waals surface area contributed by atoms with Crippen molar-refractivity contribution >= 4 is 33.4 Å². The molecule has 0 bridgehead atoms. The number of thioether (sulfide) groups is 1. The summed E-state index contributed by atoms with van der Waals surface area (Å²) in [6, 6.07) is 4.79. The Morgan fingerprint density at radius 2 is 1.89 bits per heavy atom. The van der Waals surface area contributed by atoms with Crippen LogP contribution < -0.4 is 10.1 Å². The van der Waals surface area contributed by atoms with Crippen molar-refractivity contribution in [3.63, 3.8) is 0 Å². The zero-order valence-electron chi connectivity index (χ0n) is 16.4. The number of nitrogens with one attached hydrogen (secondary N) is 1. The van der Waals surface area contributed by atoms with E-state index in [1.54, 1.807) is 37.7 Å². The molecule has 27 heavy (non-hydrogen) atoms. The van der Waals surface area contributed by atoms with Crippen LogP contribution in [0.25, 0.3) is 0 Å². The van der Waals surface area contributed by atoms with Gasteiger partial charge in [0.05, 0.1) is 12.4 Å². The maximum Gasteiger partial charge on any atom is 0.246 e. The summed E-state index contributed by atoms with van der Waals surface area (Å²) in [4.78, 5) is 12.4. The number of carbonyl (C=O) groups is 1. The first-order valence-electron chi connectivity index (χ1n) is 9.60. The van der Waals surface area contributed by atoms with Crippen LogP contribution in [0, 0.1) is 0 Å². The lowest BCUT2D eigenvalue weighted by atomic mass is 10.3. The van der Waals surface area contributed by atoms with Crippen LogP contribution in [-0.2, 0) is 14.8 Å². The van der Waals surface area contributed by atoms with Crippen molar-refractivity contribution in [2.24, 2.45) is 0 Å². The molecule has 1 aromatic rings. The number of nitrogens with zero attached hydrogens (tertiary/aromatic N) is 1. The summed E-state index contributed by atoms with van der Waals surface area (Å²) in [6.07, 6.45) is 4.83. The van der Waals surface area contributed by atoms with Gasteiger partial charge in [-0.1, -0.05) is 26.7 Å². The molecule has 0 unspecified atom stereocenters. The maximum atomic E-state index is 13.0. The fourth-order valence-electron chi connectivity index (χ4n) is 3.21. The number of amides is 1. The SMILES string of the molecule is CCOc1ccc(NC(=O)CSC2CCCC2)cc1S(=O)(=O)N(CC)CC. The predicted molar refractivity (Wildman–Crippen MR) is 111 cm³/mol. The summed E-state index contributed by atoms with van der Waals surface area (Å²) in [5, 5.41) is 3.39. The van der Waals surface area contributed by atoms with E-state index in [9.17, 15) is 13.2 Å². The lowest BCUT2D eigenvalue weighted by Crippen LogP contribution is -2.31. The fraction of sp³-hybridized carbons (Fsp3) is 0.632. The van der Waals surface area contributed by atoms with E-state index in [0.717, 1.165) is 0 Å². The topological polar surface area (TPSA) is 75.7 Å². The average Bonchev–Trinajstić information content (AvgIpc) is 3.16. The molecule has 1 amide bonds. The Balaban J connectivity index is 2.17. The Hall–Kier alpha value is -1.25. The molecule has 2 rings (SSSR count). The molecule has 0 spiro atoms. The molecule has 152 valence electrons. The van der Waals surface area contributed by atoms with Crippen LogP contribution in [0.15, 0.2) is 23.1 Å². The lowest BCUT2D eigenvalue weighted by Gasteiger charge is -2.21. The van der Waals surface area contributed by atoms with Crippen LogP contribution in [0.2, 0.25) is 0 Å². The minimum Gasteiger partial charge on any atom is -0.492 e. The normalized spacial score (nSPS) is 15.3. The Labute approximate surface area is 167 Å². The largest absolute Gasteiger partial charge is 0.492 e. The quantitative estimate of drug-likeness (QED) is 0.631. The van der Waals surface area contributed by atoms with E-state index in [1.165, 1.54) is 36.1 Å². The molecule has 6 nitrogen and oxygen atoms in total. The summed E-state index contributed by atoms with van der Waals surface area (Å²) in [7, 11) is -3.69. The van der Waals surface area contributed by atoms with Crippen LogP contribution in [0.1, 0.15) is 46.5 Å². The van der Waals surface area contributed by atoms with E-state index < -0.39 is 10.0 Å². The smallest absolute Gasteiger partial charge is 0.246 e. The van der Waals surface area contributed by atoms with Crippen LogP contribution in [-0.4, -0.2) is 49.3 Å². The van der Waals surface area contributed by atoms with Gasteiger partial charge in [-0.15, -0.1) is 11.8 Å². The first-order chi connectivity index (χ1) is 12.9. The van der Waals surface area contributed by atoms with Gasteiger partial charge in [0.1, 0.15) is 10.6 Å². The van der Waals surface area contributed by atoms with Gasteiger partial charge in [-0.2, -0.15) is 4.31 Å². The van der Waals surface area contributed by atoms with Gasteiger partial charge in [0, 0.05) is 24.0 Å². The van der Waals surface area contributed by atoms with E-state index in [-0.39, 0.29) is 10.8 Å². The molecule has 0 aliphatic heterocycles. The predicted octanol–water partition coefficient (Wildman–Crippen LogP) is 3.73. The van der Waals surface area contributed by atoms with E-state index >= 15 is 0 Å². The molecule has 1 saturated carbocycles. The summed E-state index contributed by atoms with van der Waals surface area (Å²) in [5.74, 6) is 0.584. The van der Waals surface area contributed by atoms with Gasteiger partial charge in [-0.3, -0.25) is 4.79 Å². The van der Waals surface area contributed by atoms with Crippen molar-refractivity contribution in [3.8, 4) is 5.75 Å². The third kappa shape index (κ3) is 5.86. The molecule has 0 radical (unpaired) electrons. The summed E-state index contributed by atoms with van der Waals surface area (Å²) in [6.45, 7) is 6.52. The number of carbonyl (C=O) groups excluding carboxylic acids is 1. The first-order valence-corrected chi connectivity index (χ1v) is 12.1. The van der Waals surface area contributed by atoms with Crippen LogP contribution in [0.5, 0.6) is 5.75 Å². The van der Waals surface area contributed by atoms with E-state index in [1.807, 2.05) is 6.92 Å². The molecule has 1 aliphatic carbocycles. The molecule has 8 heteroatoms. The number of rotatable bonds is 10. The molecular weight excluding hydrogens is 384 g/mol. The highest BCUT2D eigenvalue weighted by atomic mass is 32.2. The van der Waals surface area contributed by atoms with Gasteiger partial charge in [-0.05, 0) is 38.0 Å². The fourth-order valence-corrected chi connectivity index (χ4v) is 5.95. The van der Waals surface area contributed by atoms with Gasteiger partial charge in [0.25, 0.3) is 0 Å². The second-order valence-corrected chi connectivity index (χ2v) is 9.64. The van der Waals surface area contributed by atoms with Gasteiger partial charge in [-0.25, -0.2) is 8.42 Å². The molecule has 1 N–H and O–H groups in total. The first kappa shape index (κ1) is 22.0. The minimum atomic E-state index is -3.69. The van der Waals surface area contributed by atoms with Crippen molar-refractivity contribution < 1.29 is 17.9 Å². The number of ether oxygens (including phenoxy) is 1. The van der Waals surface area contributed by atoms with Gasteiger partial charge in [0.2, 0.25) is 15.9 Å². The highest BCUT2D eigenvalue weighted by Crippen LogP contribution is 2.31. The average molecular weight is 415 g/mol. The van der Waals surface area contributed by atoms with Crippen molar-refractivity contribution in [1.29, 1.82) is 0 Å². The Morgan fingerprint density at radius 1 is 1.22 bits per heavy atom. The summed E-state index contributed by atoms with van der Waals surface area (Å²) < 4.78 is 32.8. The molecule has 0 heterocycles. The molecule has 0 atom stereocenters. The lowest BCUT2D eigenvalue weighted by molar-refractivity contribution is -0.113. The summed E-state index contributed by atoms with van der Waals surface area (Å²) in [5.41, 5.74) is 0.473. The van der Waals surface area contributed by atoms with Crippen LogP contribution in [0.4, 0.5) is 5.69 Å². The zero-order valence-corrected chi connectivity index (χ0v) is 18.0. The number of sulfonamides is 1. The highest BCUT2D eigenvalue weighted by Gasteiger charge is 2.26. The third-order valence-electron chi connectivity index (χ3n) is 4.60. The maximum absolute atomic E-state index is 13.0. The molecule has 0 saturated heterocycles. The molecule has 1 fully saturated rings. The third-order valence-corrected chi connectivity index (χ3v) is 8.05. The number of hydrogen-bond donors (Lipinski definition) is 1. The van der Waals surface area contributed by atoms with Gasteiger partial charge in [0.15, 0.2) is 0 Å². The van der Waals surface area contributed by atoms with Crippen molar-refractivity contribution in [1.82, 2.24) is 4.31 Å². The number of benzene rings is 1. The molecular formula is C19H30N2O4S2. The Kier molecular flexibility index (Phi) is 8.44. The minimum absolute atomic E-state index is 0.0919. The number of hydrogen-bond acceptors (Lipinski definition) is 5. The van der Waals surface area contributed by atoms with E-state index in [2.05, 4.69) is 5.32 Å². The van der Waals surface area contributed by atoms with E-state index in [4.69, 9.17) is 4.74 Å². The monoisotopic (exact) mass is 414 g/mol. The standard InChI is InChI=1S/C19H30N2O4S2/c1-4-21(5-2)27(23,24)18-13-15(11-12-17(18)25-6-3)20-19(22)14-26-16-9-7-8-10-16/h11-13,16H,4-10,14H2,1-3H3,(H,20,22). The van der Waals surface area contributed by atoms with Crippen molar-refractivity contribution in [2.45, 2.75) is 56.6 Å². The van der Waals surface area contributed by atoms with Crippen molar-refractivity contribution in [3.05, 3.63) is 18.2 Å². The van der Waals surface area contributed by atoms with Crippen LogP contribution >= 0.6 is 11.8 Å². The Bertz CT molecular complexity index is 727. The van der Waals surface area contributed by atoms with Crippen molar-refractivity contribution in [2.75, 3.05) is 30.8 Å². The molecule has 0 aromatic heterocycles. The second kappa shape index (κ2) is 10.3. The molecule has 1 aliphatic rings. The zero-order chi connectivity index (χ0) is 19.9. The van der Waals surface area contributed by atoms with Gasteiger partial charge >= 0.3 is 0 Å². The highest BCUT2D eigenvalue weighted by molar-refractivity contribution is 8.00. The second-order valence-electron chi connectivity index (χ2n) is 6.45. The molecule has 1 aromatic carbocycles. The number of anilines is 1. The van der Waals surface area contributed by atoms with Gasteiger partial charge < -0.3 is 10.1 Å². The Morgan fingerprint density at radius 3 is 2.48 bits per heavy atom. The summed E-state index contributed by atoms with van der Waals surface area (Å²) >= 11 is 1.68. The van der Waals surface area contributed by atoms with E-state index in [0.29, 0.717) is 42.1 Å². The van der Waals surface area contributed by atoms with Crippen LogP contribution in [0.3, 0.4) is 0 Å².